The van der Waals surface area contributed by atoms with Crippen LogP contribution in [-0.4, -0.2) is 64.8 Å². The monoisotopic (exact) mass is 392 g/mol. The molecule has 0 saturated carbocycles. The van der Waals surface area contributed by atoms with Crippen LogP contribution in [-0.2, 0) is 14.9 Å². The van der Waals surface area contributed by atoms with Crippen molar-refractivity contribution in [1.29, 1.82) is 0 Å². The van der Waals surface area contributed by atoms with E-state index in [0.717, 1.165) is 5.69 Å². The maximum Gasteiger partial charge on any atom is 0.282 e. The Morgan fingerprint density at radius 2 is 2.04 bits per heavy atom. The molecule has 1 atom stereocenters. The lowest BCUT2D eigenvalue weighted by atomic mass is 10.2. The number of nitrogens with zero attached hydrogens (tertiary/aromatic N) is 5. The molecule has 0 bridgehead atoms. The molecule has 9 nitrogen and oxygen atoms in total. The highest BCUT2D eigenvalue weighted by Crippen LogP contribution is 2.24. The third kappa shape index (κ3) is 4.59. The highest BCUT2D eigenvalue weighted by atomic mass is 32.2. The van der Waals surface area contributed by atoms with Crippen molar-refractivity contribution in [2.24, 2.45) is 0 Å². The molecule has 0 amide bonds. The zero-order chi connectivity index (χ0) is 19.3. The van der Waals surface area contributed by atoms with Gasteiger partial charge in [0.05, 0.1) is 30.4 Å². The molecule has 0 aromatic carbocycles. The summed E-state index contributed by atoms with van der Waals surface area (Å²) >= 11 is 0. The van der Waals surface area contributed by atoms with Gasteiger partial charge in [0.1, 0.15) is 11.9 Å². The molecule has 3 rings (SSSR count). The molecule has 1 aliphatic rings. The molecule has 3 heterocycles. The van der Waals surface area contributed by atoms with Gasteiger partial charge >= 0.3 is 0 Å². The maximum absolute atomic E-state index is 12.7. The van der Waals surface area contributed by atoms with Crippen LogP contribution < -0.4 is 5.32 Å². The standard InChI is InChI=1S/C17H24N6O3S/c1-3-22(4-2)27(24,25)23-9-10-26-16(13-23)15-6-5-14(11-20-15)21-17-12-18-7-8-19-17/h5-8,11-12,16H,3-4,9-10,13H2,1-2H3,(H,19,21)/t16-/m1/s1. The SMILES string of the molecule is CCN(CC)S(=O)(=O)N1CCO[C@@H](c2ccc(Nc3cnccn3)cn2)C1. The quantitative estimate of drug-likeness (QED) is 0.763. The van der Waals surface area contributed by atoms with E-state index in [0.29, 0.717) is 37.8 Å². The predicted octanol–water partition coefficient (Wildman–Crippen LogP) is 1.58. The van der Waals surface area contributed by atoms with Crippen LogP contribution in [0.2, 0.25) is 0 Å². The first-order valence-corrected chi connectivity index (χ1v) is 10.3. The average Bonchev–Trinajstić information content (AvgIpc) is 2.70. The van der Waals surface area contributed by atoms with Gasteiger partial charge in [-0.25, -0.2) is 4.98 Å². The van der Waals surface area contributed by atoms with E-state index in [1.807, 2.05) is 26.0 Å². The third-order valence-corrected chi connectivity index (χ3v) is 6.49. The lowest BCUT2D eigenvalue weighted by Gasteiger charge is -2.34. The van der Waals surface area contributed by atoms with Crippen LogP contribution in [0.3, 0.4) is 0 Å². The summed E-state index contributed by atoms with van der Waals surface area (Å²) in [4.78, 5) is 12.6. The highest BCUT2D eigenvalue weighted by Gasteiger charge is 2.33. The average molecular weight is 392 g/mol. The van der Waals surface area contributed by atoms with Gasteiger partial charge in [0.2, 0.25) is 0 Å². The van der Waals surface area contributed by atoms with Crippen molar-refractivity contribution in [2.75, 3.05) is 38.1 Å². The fourth-order valence-electron chi connectivity index (χ4n) is 2.91. The Balaban J connectivity index is 1.69. The van der Waals surface area contributed by atoms with Crippen molar-refractivity contribution in [3.8, 4) is 0 Å². The van der Waals surface area contributed by atoms with Crippen LogP contribution in [0, 0.1) is 0 Å². The van der Waals surface area contributed by atoms with E-state index in [4.69, 9.17) is 4.74 Å². The summed E-state index contributed by atoms with van der Waals surface area (Å²) in [5.74, 6) is 0.623. The Morgan fingerprint density at radius 3 is 2.67 bits per heavy atom. The Bertz CT molecular complexity index is 828. The van der Waals surface area contributed by atoms with Crippen LogP contribution in [0.15, 0.2) is 36.9 Å². The number of nitrogens with one attached hydrogen (secondary N) is 1. The van der Waals surface area contributed by atoms with Gasteiger partial charge in [0, 0.05) is 38.6 Å². The fraction of sp³-hybridized carbons (Fsp3) is 0.471. The molecule has 2 aromatic heterocycles. The van der Waals surface area contributed by atoms with Gasteiger partial charge in [0.25, 0.3) is 10.2 Å². The van der Waals surface area contributed by atoms with E-state index in [1.54, 1.807) is 24.8 Å². The molecule has 2 aromatic rings. The molecule has 27 heavy (non-hydrogen) atoms. The smallest absolute Gasteiger partial charge is 0.282 e. The summed E-state index contributed by atoms with van der Waals surface area (Å²) in [6.07, 6.45) is 6.10. The lowest BCUT2D eigenvalue weighted by molar-refractivity contribution is -0.00657. The summed E-state index contributed by atoms with van der Waals surface area (Å²) in [6, 6.07) is 3.69. The fourth-order valence-corrected chi connectivity index (χ4v) is 4.52. The van der Waals surface area contributed by atoms with Gasteiger partial charge in [-0.15, -0.1) is 0 Å². The molecule has 0 unspecified atom stereocenters. The molecule has 1 aliphatic heterocycles. The first kappa shape index (κ1) is 19.6. The Hall–Kier alpha value is -2.14. The number of anilines is 2. The summed E-state index contributed by atoms with van der Waals surface area (Å²) in [5.41, 5.74) is 1.46. The van der Waals surface area contributed by atoms with E-state index in [-0.39, 0.29) is 6.54 Å². The van der Waals surface area contributed by atoms with Crippen LogP contribution in [0.5, 0.6) is 0 Å². The molecule has 1 N–H and O–H groups in total. The molecular formula is C17H24N6O3S. The number of hydrogen-bond acceptors (Lipinski definition) is 7. The first-order chi connectivity index (χ1) is 13.0. The minimum Gasteiger partial charge on any atom is -0.369 e. The second-order valence-corrected chi connectivity index (χ2v) is 7.93. The number of ether oxygens (including phenoxy) is 1. The zero-order valence-corrected chi connectivity index (χ0v) is 16.3. The summed E-state index contributed by atoms with van der Waals surface area (Å²) < 4.78 is 34.2. The van der Waals surface area contributed by atoms with Gasteiger partial charge in [-0.1, -0.05) is 13.8 Å². The highest BCUT2D eigenvalue weighted by molar-refractivity contribution is 7.86. The molecule has 1 saturated heterocycles. The largest absolute Gasteiger partial charge is 0.369 e. The molecule has 146 valence electrons. The molecule has 0 aliphatic carbocycles. The second kappa shape index (κ2) is 8.70. The molecule has 0 spiro atoms. The van der Waals surface area contributed by atoms with Gasteiger partial charge in [-0.3, -0.25) is 9.97 Å². The van der Waals surface area contributed by atoms with Gasteiger partial charge in [-0.05, 0) is 12.1 Å². The van der Waals surface area contributed by atoms with E-state index in [2.05, 4.69) is 20.3 Å². The second-order valence-electron chi connectivity index (χ2n) is 6.00. The van der Waals surface area contributed by atoms with Crippen molar-refractivity contribution in [1.82, 2.24) is 23.6 Å². The van der Waals surface area contributed by atoms with Gasteiger partial charge in [-0.2, -0.15) is 17.0 Å². The third-order valence-electron chi connectivity index (χ3n) is 4.34. The topological polar surface area (TPSA) is 101 Å². The number of rotatable bonds is 7. The Kier molecular flexibility index (Phi) is 6.32. The predicted molar refractivity (Wildman–Crippen MR) is 102 cm³/mol. The lowest BCUT2D eigenvalue weighted by Crippen LogP contribution is -2.49. The molecular weight excluding hydrogens is 368 g/mol. The van der Waals surface area contributed by atoms with E-state index < -0.39 is 16.3 Å². The van der Waals surface area contributed by atoms with Crippen LogP contribution >= 0.6 is 0 Å². The van der Waals surface area contributed by atoms with Crippen molar-refractivity contribution in [3.05, 3.63) is 42.6 Å². The Morgan fingerprint density at radius 1 is 1.22 bits per heavy atom. The van der Waals surface area contributed by atoms with E-state index >= 15 is 0 Å². The van der Waals surface area contributed by atoms with Crippen LogP contribution in [0.1, 0.15) is 25.6 Å². The summed E-state index contributed by atoms with van der Waals surface area (Å²) in [6.45, 7) is 5.51. The normalized spacial score (nSPS) is 18.6. The van der Waals surface area contributed by atoms with Gasteiger partial charge in [0.15, 0.2) is 0 Å². The van der Waals surface area contributed by atoms with Crippen LogP contribution in [0.25, 0.3) is 0 Å². The van der Waals surface area contributed by atoms with Crippen molar-refractivity contribution in [3.63, 3.8) is 0 Å². The number of hydrogen-bond donors (Lipinski definition) is 1. The van der Waals surface area contributed by atoms with E-state index in [1.165, 1.54) is 8.61 Å². The summed E-state index contributed by atoms with van der Waals surface area (Å²) in [7, 11) is -3.48. The number of morpholine rings is 1. The molecule has 1 fully saturated rings. The van der Waals surface area contributed by atoms with Crippen LogP contribution in [0.4, 0.5) is 11.5 Å². The minimum atomic E-state index is -3.48. The van der Waals surface area contributed by atoms with Crippen molar-refractivity contribution in [2.45, 2.75) is 20.0 Å². The van der Waals surface area contributed by atoms with Crippen molar-refractivity contribution >= 4 is 21.7 Å². The number of aromatic nitrogens is 3. The maximum atomic E-state index is 12.7. The Labute approximate surface area is 159 Å². The van der Waals surface area contributed by atoms with E-state index in [9.17, 15) is 8.42 Å². The molecule has 10 heteroatoms. The minimum absolute atomic E-state index is 0.253. The number of pyridine rings is 1. The summed E-state index contributed by atoms with van der Waals surface area (Å²) in [5, 5.41) is 3.11. The molecule has 0 radical (unpaired) electrons. The van der Waals surface area contributed by atoms with Gasteiger partial charge < -0.3 is 10.1 Å². The van der Waals surface area contributed by atoms with Crippen molar-refractivity contribution < 1.29 is 13.2 Å². The zero-order valence-electron chi connectivity index (χ0n) is 15.4. The first-order valence-electron chi connectivity index (χ1n) is 8.90.